The lowest BCUT2D eigenvalue weighted by Gasteiger charge is -2.14. The Hall–Kier alpha value is -2.14. The molecule has 2 rings (SSSR count). The Labute approximate surface area is 98.8 Å². The molecular weight excluding hydrogens is 218 g/mol. The number of para-hydroxylation sites is 1. The van der Waals surface area contributed by atoms with Gasteiger partial charge in [0.15, 0.2) is 0 Å². The van der Waals surface area contributed by atoms with Crippen LogP contribution in [0, 0.1) is 0 Å². The molecule has 5 nitrogen and oxygen atoms in total. The number of benzene rings is 1. The zero-order valence-electron chi connectivity index (χ0n) is 9.41. The number of nitrogens with zero attached hydrogens (tertiary/aromatic N) is 2. The van der Waals surface area contributed by atoms with Crippen molar-refractivity contribution in [3.8, 4) is 5.69 Å². The van der Waals surface area contributed by atoms with Gasteiger partial charge in [-0.25, -0.2) is 4.68 Å². The van der Waals surface area contributed by atoms with E-state index in [2.05, 4.69) is 9.84 Å². The minimum atomic E-state index is -0.805. The quantitative estimate of drug-likeness (QED) is 0.801. The average Bonchev–Trinajstić information content (AvgIpc) is 2.90. The Kier molecular flexibility index (Phi) is 3.20. The smallest absolute Gasteiger partial charge is 0.327 e. The van der Waals surface area contributed by atoms with Crippen molar-refractivity contribution in [3.05, 3.63) is 48.3 Å². The molecule has 0 fully saturated rings. The summed E-state index contributed by atoms with van der Waals surface area (Å²) >= 11 is 0. The van der Waals surface area contributed by atoms with Crippen LogP contribution in [0.5, 0.6) is 0 Å². The molecular formula is C12H13N3O2. The van der Waals surface area contributed by atoms with E-state index < -0.39 is 12.0 Å². The van der Waals surface area contributed by atoms with Crippen LogP contribution < -0.4 is 5.73 Å². The molecule has 5 heteroatoms. The maximum atomic E-state index is 11.5. The minimum absolute atomic E-state index is 0.468. The van der Waals surface area contributed by atoms with Gasteiger partial charge in [-0.2, -0.15) is 5.10 Å². The topological polar surface area (TPSA) is 70.1 Å². The monoisotopic (exact) mass is 231 g/mol. The Morgan fingerprint density at radius 1 is 1.41 bits per heavy atom. The van der Waals surface area contributed by atoms with Crippen LogP contribution in [0.15, 0.2) is 42.7 Å². The van der Waals surface area contributed by atoms with Crippen molar-refractivity contribution in [1.82, 2.24) is 9.78 Å². The lowest BCUT2D eigenvalue weighted by molar-refractivity contribution is -0.142. The summed E-state index contributed by atoms with van der Waals surface area (Å²) in [7, 11) is 1.32. The van der Waals surface area contributed by atoms with Gasteiger partial charge in [0, 0.05) is 18.0 Å². The third kappa shape index (κ3) is 2.19. The molecule has 0 saturated carbocycles. The molecule has 1 heterocycles. The fourth-order valence-electron chi connectivity index (χ4n) is 1.62. The highest BCUT2D eigenvalue weighted by molar-refractivity contribution is 5.78. The Balaban J connectivity index is 2.44. The van der Waals surface area contributed by atoms with Gasteiger partial charge in [0.05, 0.1) is 12.8 Å². The summed E-state index contributed by atoms with van der Waals surface area (Å²) in [4.78, 5) is 11.5. The summed E-state index contributed by atoms with van der Waals surface area (Å²) in [5.41, 5.74) is 7.30. The van der Waals surface area contributed by atoms with Gasteiger partial charge in [-0.15, -0.1) is 0 Å². The predicted octanol–water partition coefficient (Wildman–Crippen LogP) is 1.05. The predicted molar refractivity (Wildman–Crippen MR) is 62.5 cm³/mol. The molecule has 0 radical (unpaired) electrons. The number of ether oxygens (including phenoxy) is 1. The number of esters is 1. The van der Waals surface area contributed by atoms with E-state index >= 15 is 0 Å². The van der Waals surface area contributed by atoms with Gasteiger partial charge in [-0.05, 0) is 12.1 Å². The van der Waals surface area contributed by atoms with Gasteiger partial charge in [0.25, 0.3) is 0 Å². The summed E-state index contributed by atoms with van der Waals surface area (Å²) in [6.45, 7) is 0. The standard InChI is InChI=1S/C12H13N3O2/c1-17-12(16)11(13)9-5-2-3-6-10(9)15-8-4-7-14-15/h2-8,11H,13H2,1H3. The van der Waals surface area contributed by atoms with Gasteiger partial charge >= 0.3 is 5.97 Å². The molecule has 0 aliphatic rings. The Bertz CT molecular complexity index is 508. The Morgan fingerprint density at radius 2 is 2.18 bits per heavy atom. The lowest BCUT2D eigenvalue weighted by Crippen LogP contribution is -2.24. The van der Waals surface area contributed by atoms with Crippen molar-refractivity contribution in [3.63, 3.8) is 0 Å². The number of hydrogen-bond donors (Lipinski definition) is 1. The van der Waals surface area contributed by atoms with Crippen LogP contribution in [0.1, 0.15) is 11.6 Å². The molecule has 0 spiro atoms. The van der Waals surface area contributed by atoms with Crippen LogP contribution in [0.2, 0.25) is 0 Å². The van der Waals surface area contributed by atoms with Crippen LogP contribution in [0.4, 0.5) is 0 Å². The first kappa shape index (κ1) is 11.3. The third-order valence-electron chi connectivity index (χ3n) is 2.48. The second-order valence-corrected chi connectivity index (χ2v) is 3.51. The molecule has 17 heavy (non-hydrogen) atoms. The van der Waals surface area contributed by atoms with Gasteiger partial charge in [0.1, 0.15) is 6.04 Å². The first-order valence-electron chi connectivity index (χ1n) is 5.16. The molecule has 1 aromatic carbocycles. The molecule has 0 aliphatic heterocycles. The Morgan fingerprint density at radius 3 is 2.82 bits per heavy atom. The zero-order chi connectivity index (χ0) is 12.3. The van der Waals surface area contributed by atoms with Crippen LogP contribution in [0.25, 0.3) is 5.69 Å². The molecule has 2 N–H and O–H groups in total. The van der Waals surface area contributed by atoms with Gasteiger partial charge in [-0.1, -0.05) is 18.2 Å². The number of methoxy groups -OCH3 is 1. The number of hydrogen-bond acceptors (Lipinski definition) is 4. The molecule has 0 bridgehead atoms. The van der Waals surface area contributed by atoms with Gasteiger partial charge < -0.3 is 10.5 Å². The fraction of sp³-hybridized carbons (Fsp3) is 0.167. The van der Waals surface area contributed by atoms with E-state index in [0.717, 1.165) is 5.69 Å². The van der Waals surface area contributed by atoms with E-state index in [4.69, 9.17) is 5.73 Å². The first-order chi connectivity index (χ1) is 8.24. The zero-order valence-corrected chi connectivity index (χ0v) is 9.41. The number of nitrogens with two attached hydrogens (primary N) is 1. The molecule has 0 aliphatic carbocycles. The number of aromatic nitrogens is 2. The summed E-state index contributed by atoms with van der Waals surface area (Å²) < 4.78 is 6.31. The van der Waals surface area contributed by atoms with Crippen molar-refractivity contribution in [1.29, 1.82) is 0 Å². The molecule has 1 unspecified atom stereocenters. The van der Waals surface area contributed by atoms with Crippen LogP contribution in [-0.2, 0) is 9.53 Å². The number of carbonyl (C=O) groups is 1. The van der Waals surface area contributed by atoms with Crippen LogP contribution >= 0.6 is 0 Å². The summed E-state index contributed by atoms with van der Waals surface area (Å²) in [5.74, 6) is -0.468. The van der Waals surface area contributed by atoms with Crippen LogP contribution in [0.3, 0.4) is 0 Å². The SMILES string of the molecule is COC(=O)C(N)c1ccccc1-n1cccn1. The maximum absolute atomic E-state index is 11.5. The largest absolute Gasteiger partial charge is 0.468 e. The second-order valence-electron chi connectivity index (χ2n) is 3.51. The molecule has 1 atom stereocenters. The van der Waals surface area contributed by atoms with E-state index in [0.29, 0.717) is 5.56 Å². The summed E-state index contributed by atoms with van der Waals surface area (Å²) in [6, 6.07) is 8.33. The summed E-state index contributed by atoms with van der Waals surface area (Å²) in [5, 5.41) is 4.12. The minimum Gasteiger partial charge on any atom is -0.468 e. The van der Waals surface area contributed by atoms with E-state index in [1.54, 1.807) is 29.2 Å². The first-order valence-corrected chi connectivity index (χ1v) is 5.16. The van der Waals surface area contributed by atoms with Crippen molar-refractivity contribution in [2.24, 2.45) is 5.73 Å². The number of rotatable bonds is 3. The van der Waals surface area contributed by atoms with Crippen molar-refractivity contribution in [2.45, 2.75) is 6.04 Å². The highest BCUT2D eigenvalue weighted by Gasteiger charge is 2.19. The van der Waals surface area contributed by atoms with Crippen molar-refractivity contribution < 1.29 is 9.53 Å². The van der Waals surface area contributed by atoms with Gasteiger partial charge in [-0.3, -0.25) is 4.79 Å². The third-order valence-corrected chi connectivity index (χ3v) is 2.48. The van der Waals surface area contributed by atoms with Gasteiger partial charge in [0.2, 0.25) is 0 Å². The fourth-order valence-corrected chi connectivity index (χ4v) is 1.62. The summed E-state index contributed by atoms with van der Waals surface area (Å²) in [6.07, 6.45) is 3.46. The average molecular weight is 231 g/mol. The highest BCUT2D eigenvalue weighted by Crippen LogP contribution is 2.20. The molecule has 0 amide bonds. The molecule has 88 valence electrons. The normalized spacial score (nSPS) is 12.1. The van der Waals surface area contributed by atoms with E-state index in [1.807, 2.05) is 18.2 Å². The van der Waals surface area contributed by atoms with Crippen molar-refractivity contribution in [2.75, 3.05) is 7.11 Å². The van der Waals surface area contributed by atoms with E-state index in [9.17, 15) is 4.79 Å². The number of carbonyl (C=O) groups excluding carboxylic acids is 1. The molecule has 0 saturated heterocycles. The van der Waals surface area contributed by atoms with Crippen molar-refractivity contribution >= 4 is 5.97 Å². The van der Waals surface area contributed by atoms with Crippen LogP contribution in [-0.4, -0.2) is 22.9 Å². The molecule has 2 aromatic rings. The lowest BCUT2D eigenvalue weighted by atomic mass is 10.1. The molecule has 1 aromatic heterocycles. The highest BCUT2D eigenvalue weighted by atomic mass is 16.5. The van der Waals surface area contributed by atoms with E-state index in [1.165, 1.54) is 7.11 Å². The van der Waals surface area contributed by atoms with E-state index in [-0.39, 0.29) is 0 Å². The second kappa shape index (κ2) is 4.80. The maximum Gasteiger partial charge on any atom is 0.327 e.